The van der Waals surface area contributed by atoms with E-state index in [4.69, 9.17) is 33.2 Å². The van der Waals surface area contributed by atoms with Gasteiger partial charge in [0.05, 0.1) is 15.7 Å². The van der Waals surface area contributed by atoms with Crippen LogP contribution in [-0.4, -0.2) is 53.2 Å². The van der Waals surface area contributed by atoms with E-state index in [1.165, 1.54) is 6.07 Å². The summed E-state index contributed by atoms with van der Waals surface area (Å²) in [5.74, 6) is 1.89. The highest BCUT2D eigenvalue weighted by Crippen LogP contribution is 2.32. The largest absolute Gasteiger partial charge is 0.352 e. The van der Waals surface area contributed by atoms with Gasteiger partial charge in [0.2, 0.25) is 5.95 Å². The number of hydrogen-bond acceptors (Lipinski definition) is 6. The van der Waals surface area contributed by atoms with Gasteiger partial charge in [0.1, 0.15) is 17.5 Å². The second-order valence-electron chi connectivity index (χ2n) is 9.02. The molecule has 9 heteroatoms. The summed E-state index contributed by atoms with van der Waals surface area (Å²) in [5.41, 5.74) is 1.38. The minimum atomic E-state index is -0.454. The molecule has 2 atom stereocenters. The SMILES string of the molecule is C[C@H]1CN(c2ncccc2Cl)CCN1c1cc(-c2ccc(Cl)c(F)c2)nc(N2CCC[C@@H]2C)n1. The normalized spacial score (nSPS) is 20.8. The highest BCUT2D eigenvalue weighted by Gasteiger charge is 2.29. The van der Waals surface area contributed by atoms with E-state index < -0.39 is 5.82 Å². The zero-order chi connectivity index (χ0) is 23.8. The predicted octanol–water partition coefficient (Wildman–Crippen LogP) is 5.69. The predicted molar refractivity (Wildman–Crippen MR) is 137 cm³/mol. The van der Waals surface area contributed by atoms with Gasteiger partial charge < -0.3 is 14.7 Å². The van der Waals surface area contributed by atoms with Gasteiger partial charge in [0, 0.05) is 56.1 Å². The molecule has 1 aromatic carbocycles. The lowest BCUT2D eigenvalue weighted by Gasteiger charge is -2.41. The lowest BCUT2D eigenvalue weighted by Crippen LogP contribution is -2.52. The highest BCUT2D eigenvalue weighted by atomic mass is 35.5. The van der Waals surface area contributed by atoms with Crippen molar-refractivity contribution in [2.24, 2.45) is 0 Å². The van der Waals surface area contributed by atoms with Crippen LogP contribution >= 0.6 is 23.2 Å². The summed E-state index contributed by atoms with van der Waals surface area (Å²) in [6.45, 7) is 7.58. The number of pyridine rings is 1. The van der Waals surface area contributed by atoms with Gasteiger partial charge in [-0.2, -0.15) is 4.98 Å². The van der Waals surface area contributed by atoms with E-state index in [9.17, 15) is 4.39 Å². The van der Waals surface area contributed by atoms with Crippen molar-refractivity contribution in [3.63, 3.8) is 0 Å². The van der Waals surface area contributed by atoms with Gasteiger partial charge in [0.25, 0.3) is 0 Å². The van der Waals surface area contributed by atoms with E-state index in [1.54, 1.807) is 18.3 Å². The molecule has 0 spiro atoms. The average molecular weight is 501 g/mol. The van der Waals surface area contributed by atoms with Gasteiger partial charge in [-0.15, -0.1) is 0 Å². The molecule has 2 aliphatic rings. The van der Waals surface area contributed by atoms with Gasteiger partial charge in [-0.25, -0.2) is 14.4 Å². The topological polar surface area (TPSA) is 48.4 Å². The van der Waals surface area contributed by atoms with E-state index in [2.05, 4.69) is 33.5 Å². The maximum Gasteiger partial charge on any atom is 0.228 e. The Morgan fingerprint density at radius 3 is 2.50 bits per heavy atom. The molecular formula is C25H27Cl2FN6. The minimum absolute atomic E-state index is 0.101. The Morgan fingerprint density at radius 1 is 0.941 bits per heavy atom. The van der Waals surface area contributed by atoms with Crippen molar-refractivity contribution in [3.8, 4) is 11.3 Å². The molecule has 4 heterocycles. The van der Waals surface area contributed by atoms with Crippen LogP contribution < -0.4 is 14.7 Å². The first-order chi connectivity index (χ1) is 16.4. The van der Waals surface area contributed by atoms with Gasteiger partial charge in [-0.05, 0) is 51.0 Å². The van der Waals surface area contributed by atoms with Gasteiger partial charge in [0.15, 0.2) is 0 Å². The van der Waals surface area contributed by atoms with Crippen LogP contribution in [0.3, 0.4) is 0 Å². The Kier molecular flexibility index (Phi) is 6.49. The highest BCUT2D eigenvalue weighted by molar-refractivity contribution is 6.33. The first kappa shape index (κ1) is 23.1. The molecule has 0 unspecified atom stereocenters. The van der Waals surface area contributed by atoms with E-state index in [1.807, 2.05) is 18.2 Å². The van der Waals surface area contributed by atoms with Crippen LogP contribution in [0.2, 0.25) is 10.0 Å². The molecule has 0 bridgehead atoms. The van der Waals surface area contributed by atoms with Crippen LogP contribution in [0.4, 0.5) is 22.0 Å². The lowest BCUT2D eigenvalue weighted by atomic mass is 10.1. The van der Waals surface area contributed by atoms with Crippen molar-refractivity contribution in [1.82, 2.24) is 15.0 Å². The Balaban J connectivity index is 1.49. The number of rotatable bonds is 4. The number of halogens is 3. The van der Waals surface area contributed by atoms with Crippen molar-refractivity contribution >= 4 is 40.8 Å². The van der Waals surface area contributed by atoms with Crippen LogP contribution in [-0.2, 0) is 0 Å². The molecule has 3 aromatic rings. The van der Waals surface area contributed by atoms with E-state index in [0.29, 0.717) is 28.3 Å². The molecule has 0 N–H and O–H groups in total. The molecule has 0 radical (unpaired) electrons. The summed E-state index contributed by atoms with van der Waals surface area (Å²) < 4.78 is 14.3. The number of benzene rings is 1. The molecule has 34 heavy (non-hydrogen) atoms. The molecule has 2 aromatic heterocycles. The van der Waals surface area contributed by atoms with Crippen molar-refractivity contribution in [1.29, 1.82) is 0 Å². The molecule has 178 valence electrons. The Morgan fingerprint density at radius 2 is 1.79 bits per heavy atom. The average Bonchev–Trinajstić information content (AvgIpc) is 3.26. The van der Waals surface area contributed by atoms with Crippen LogP contribution in [0.5, 0.6) is 0 Å². The second-order valence-corrected chi connectivity index (χ2v) is 9.84. The fourth-order valence-electron chi connectivity index (χ4n) is 4.83. The molecule has 2 fully saturated rings. The third-order valence-corrected chi connectivity index (χ3v) is 7.29. The van der Waals surface area contributed by atoms with Gasteiger partial charge >= 0.3 is 0 Å². The molecule has 5 rings (SSSR count). The zero-order valence-corrected chi connectivity index (χ0v) is 20.8. The Labute approximate surface area is 209 Å². The molecule has 2 aliphatic heterocycles. The number of nitrogens with zero attached hydrogens (tertiary/aromatic N) is 6. The standard InChI is InChI=1S/C25H27Cl2FN6/c1-16-5-4-10-34(16)25-30-22(18-7-8-19(26)21(28)13-18)14-23(31-25)33-12-11-32(15-17(33)2)24-20(27)6-3-9-29-24/h3,6-9,13-14,16-17H,4-5,10-12,15H2,1-2H3/t16-,17-/m0/s1. The fraction of sp³-hybridized carbons (Fsp3) is 0.400. The molecule has 0 amide bonds. The van der Waals surface area contributed by atoms with E-state index >= 15 is 0 Å². The molecule has 0 saturated carbocycles. The van der Waals surface area contributed by atoms with Crippen LogP contribution in [0.15, 0.2) is 42.6 Å². The van der Waals surface area contributed by atoms with Crippen molar-refractivity contribution in [2.75, 3.05) is 40.9 Å². The quantitative estimate of drug-likeness (QED) is 0.458. The third-order valence-electron chi connectivity index (χ3n) is 6.69. The maximum atomic E-state index is 14.3. The first-order valence-electron chi connectivity index (χ1n) is 11.6. The number of aromatic nitrogens is 3. The minimum Gasteiger partial charge on any atom is -0.352 e. The first-order valence-corrected chi connectivity index (χ1v) is 12.4. The third kappa shape index (κ3) is 4.51. The number of hydrogen-bond donors (Lipinski definition) is 0. The fourth-order valence-corrected chi connectivity index (χ4v) is 5.19. The summed E-state index contributed by atoms with van der Waals surface area (Å²) in [5, 5.41) is 0.756. The van der Waals surface area contributed by atoms with Crippen molar-refractivity contribution < 1.29 is 4.39 Å². The Hall–Kier alpha value is -2.64. The molecule has 0 aliphatic carbocycles. The van der Waals surface area contributed by atoms with E-state index in [-0.39, 0.29) is 11.1 Å². The monoisotopic (exact) mass is 500 g/mol. The second kappa shape index (κ2) is 9.55. The van der Waals surface area contributed by atoms with Crippen LogP contribution in [0, 0.1) is 5.82 Å². The lowest BCUT2D eigenvalue weighted by molar-refractivity contribution is 0.542. The van der Waals surface area contributed by atoms with Crippen molar-refractivity contribution in [3.05, 3.63) is 58.5 Å². The van der Waals surface area contributed by atoms with Crippen LogP contribution in [0.1, 0.15) is 26.7 Å². The smallest absolute Gasteiger partial charge is 0.228 e. The number of piperazine rings is 1. The summed E-state index contributed by atoms with van der Waals surface area (Å²) in [4.78, 5) is 21.0. The summed E-state index contributed by atoms with van der Waals surface area (Å²) in [6, 6.07) is 11.0. The molecular weight excluding hydrogens is 474 g/mol. The van der Waals surface area contributed by atoms with Crippen molar-refractivity contribution in [2.45, 2.75) is 38.8 Å². The summed E-state index contributed by atoms with van der Waals surface area (Å²) in [7, 11) is 0. The maximum absolute atomic E-state index is 14.3. The molecule has 2 saturated heterocycles. The zero-order valence-electron chi connectivity index (χ0n) is 19.3. The number of anilines is 3. The van der Waals surface area contributed by atoms with Gasteiger partial charge in [-0.3, -0.25) is 0 Å². The van der Waals surface area contributed by atoms with Crippen LogP contribution in [0.25, 0.3) is 11.3 Å². The van der Waals surface area contributed by atoms with Gasteiger partial charge in [-0.1, -0.05) is 29.3 Å². The summed E-state index contributed by atoms with van der Waals surface area (Å²) >= 11 is 12.3. The summed E-state index contributed by atoms with van der Waals surface area (Å²) in [6.07, 6.45) is 3.99. The molecule has 6 nitrogen and oxygen atoms in total. The van der Waals surface area contributed by atoms with E-state index in [0.717, 1.165) is 50.7 Å². The Bertz CT molecular complexity index is 1190.